The molecule has 0 nitrogen and oxygen atoms in total. The minimum absolute atomic E-state index is 0.446. The molecule has 0 amide bonds. The summed E-state index contributed by atoms with van der Waals surface area (Å²) in [6, 6.07) is 32.3. The van der Waals surface area contributed by atoms with Gasteiger partial charge in [-0.05, 0) is 98.8 Å². The molecule has 4 aromatic carbocycles. The van der Waals surface area contributed by atoms with E-state index in [2.05, 4.69) is 142 Å². The summed E-state index contributed by atoms with van der Waals surface area (Å²) in [6.07, 6.45) is 0. The average molecular weight is 562 g/mol. The van der Waals surface area contributed by atoms with Crippen molar-refractivity contribution in [3.63, 3.8) is 0 Å². The van der Waals surface area contributed by atoms with Crippen LogP contribution in [-0.2, 0) is 17.3 Å². The molecule has 0 fully saturated rings. The third kappa shape index (κ3) is 7.10. The standard InChI is InChI=1S/C18H15P.C12H18.ClH.Ru.H/c1-4-10-16(11-5-1)19(17-12-6-2-7-13-17)18-14-8-3-9-15-18;1-7-8(2)10(4)12(6)11(5)9(7)3;;;/h1-15H;1-6H3;1H;;/q;;;+1;/p-1. The second-order valence-electron chi connectivity index (χ2n) is 8.09. The summed E-state index contributed by atoms with van der Waals surface area (Å²) in [7, 11) is 4.16. The molecule has 0 saturated heterocycles. The fraction of sp³-hybridized carbons (Fsp3) is 0.200. The van der Waals surface area contributed by atoms with E-state index in [1.807, 2.05) is 0 Å². The predicted octanol–water partition coefficient (Wildman–Crippen LogP) is 7.40. The fourth-order valence-corrected chi connectivity index (χ4v) is 6.17. The van der Waals surface area contributed by atoms with Gasteiger partial charge in [0.25, 0.3) is 0 Å². The summed E-state index contributed by atoms with van der Waals surface area (Å²) < 4.78 is 0. The third-order valence-electron chi connectivity index (χ3n) is 6.42. The molecule has 33 heavy (non-hydrogen) atoms. The first-order valence-corrected chi connectivity index (χ1v) is 14.8. The van der Waals surface area contributed by atoms with Crippen LogP contribution in [0.3, 0.4) is 0 Å². The maximum Gasteiger partial charge on any atom is -0.0134 e. The Balaban J connectivity index is 0.000000238. The van der Waals surface area contributed by atoms with Gasteiger partial charge in [0.05, 0.1) is 0 Å². The van der Waals surface area contributed by atoms with Gasteiger partial charge in [0, 0.05) is 0 Å². The van der Waals surface area contributed by atoms with Gasteiger partial charge in [0.15, 0.2) is 0 Å². The zero-order valence-corrected chi connectivity index (χ0v) is 23.9. The zero-order chi connectivity index (χ0) is 24.4. The maximum absolute atomic E-state index is 4.61. The van der Waals surface area contributed by atoms with Gasteiger partial charge in [-0.15, -0.1) is 0 Å². The van der Waals surface area contributed by atoms with Crippen LogP contribution in [0.1, 0.15) is 33.4 Å². The molecule has 0 aliphatic heterocycles. The summed E-state index contributed by atoms with van der Waals surface area (Å²) in [5.41, 5.74) is 8.73. The Labute approximate surface area is 215 Å². The Bertz CT molecular complexity index is 927. The normalized spacial score (nSPS) is 10.1. The monoisotopic (exact) mass is 562 g/mol. The summed E-state index contributed by atoms with van der Waals surface area (Å²) in [6.45, 7) is 13.3. The smallest absolute Gasteiger partial charge is 0.0134 e. The van der Waals surface area contributed by atoms with E-state index < -0.39 is 7.92 Å². The number of benzene rings is 4. The van der Waals surface area contributed by atoms with Gasteiger partial charge in [-0.25, -0.2) is 0 Å². The summed E-state index contributed by atoms with van der Waals surface area (Å²) in [4.78, 5) is 0. The SMILES string of the molecule is Cc1c(C)c(C)c(C)c(C)c1C.[Cl][RuH].c1ccc(P(c2ccccc2)c2ccccc2)cc1. The van der Waals surface area contributed by atoms with Gasteiger partial charge in [-0.2, -0.15) is 0 Å². The topological polar surface area (TPSA) is 0 Å². The van der Waals surface area contributed by atoms with Gasteiger partial charge in [0.1, 0.15) is 0 Å². The van der Waals surface area contributed by atoms with Crippen molar-refractivity contribution in [3.05, 3.63) is 124 Å². The Morgan fingerprint density at radius 1 is 0.394 bits per heavy atom. The van der Waals surface area contributed by atoms with Gasteiger partial charge in [-0.1, -0.05) is 91.0 Å². The molecule has 0 saturated carbocycles. The molecular weight excluding hydrogens is 528 g/mol. The van der Waals surface area contributed by atoms with E-state index in [0.29, 0.717) is 0 Å². The Kier molecular flexibility index (Phi) is 11.5. The number of rotatable bonds is 3. The van der Waals surface area contributed by atoms with Gasteiger partial charge in [-0.3, -0.25) is 0 Å². The van der Waals surface area contributed by atoms with Crippen molar-refractivity contribution >= 4 is 33.5 Å². The molecule has 174 valence electrons. The summed E-state index contributed by atoms with van der Waals surface area (Å²) in [5, 5.41) is 4.19. The molecule has 0 spiro atoms. The largest absolute Gasteiger partial charge is 0.0622 e. The molecule has 0 unspecified atom stereocenters. The third-order valence-corrected chi connectivity index (χ3v) is 8.86. The van der Waals surface area contributed by atoms with Crippen molar-refractivity contribution < 1.29 is 17.3 Å². The first-order valence-electron chi connectivity index (χ1n) is 11.0. The van der Waals surface area contributed by atoms with E-state index in [0.717, 1.165) is 0 Å². The molecule has 0 radical (unpaired) electrons. The molecule has 4 rings (SSSR count). The Morgan fingerprint density at radius 3 is 0.758 bits per heavy atom. The molecule has 0 aliphatic rings. The van der Waals surface area contributed by atoms with Gasteiger partial charge >= 0.3 is 27.0 Å². The van der Waals surface area contributed by atoms with Crippen LogP contribution in [0.2, 0.25) is 0 Å². The van der Waals surface area contributed by atoms with E-state index in [9.17, 15) is 0 Å². The van der Waals surface area contributed by atoms with Crippen LogP contribution in [0.4, 0.5) is 0 Å². The first kappa shape index (κ1) is 27.5. The number of halogens is 1. The van der Waals surface area contributed by atoms with Crippen LogP contribution < -0.4 is 15.9 Å². The number of hydrogen-bond donors (Lipinski definition) is 0. The molecule has 0 atom stereocenters. The first-order chi connectivity index (χ1) is 15.9. The molecule has 0 aromatic heterocycles. The maximum atomic E-state index is 4.61. The summed E-state index contributed by atoms with van der Waals surface area (Å²) >= 11 is 1.62. The molecular formula is C30H34ClPRu. The van der Waals surface area contributed by atoms with Crippen LogP contribution in [0, 0.1) is 41.5 Å². The van der Waals surface area contributed by atoms with Crippen molar-refractivity contribution in [1.29, 1.82) is 0 Å². The Hall–Kier alpha value is -1.78. The molecule has 3 heteroatoms. The molecule has 0 N–H and O–H groups in total. The van der Waals surface area contributed by atoms with Crippen molar-refractivity contribution in [2.75, 3.05) is 0 Å². The van der Waals surface area contributed by atoms with Crippen molar-refractivity contribution in [2.45, 2.75) is 41.5 Å². The molecule has 4 aromatic rings. The minimum atomic E-state index is -0.446. The van der Waals surface area contributed by atoms with Gasteiger partial charge in [0.2, 0.25) is 0 Å². The summed E-state index contributed by atoms with van der Waals surface area (Å²) in [5.74, 6) is 0. The van der Waals surface area contributed by atoms with Crippen LogP contribution in [0.25, 0.3) is 0 Å². The fourth-order valence-electron chi connectivity index (χ4n) is 3.87. The predicted molar refractivity (Wildman–Crippen MR) is 147 cm³/mol. The van der Waals surface area contributed by atoms with Crippen LogP contribution in [0.15, 0.2) is 91.0 Å². The zero-order valence-electron chi connectivity index (χ0n) is 20.4. The van der Waals surface area contributed by atoms with Crippen molar-refractivity contribution in [2.24, 2.45) is 0 Å². The second kappa shape index (κ2) is 13.8. The molecule has 0 heterocycles. The van der Waals surface area contributed by atoms with Crippen LogP contribution in [0.5, 0.6) is 0 Å². The average Bonchev–Trinajstić information content (AvgIpc) is 2.89. The van der Waals surface area contributed by atoms with E-state index in [-0.39, 0.29) is 0 Å². The second-order valence-corrected chi connectivity index (χ2v) is 10.3. The van der Waals surface area contributed by atoms with E-state index in [1.165, 1.54) is 49.3 Å². The number of hydrogen-bond acceptors (Lipinski definition) is 0. The van der Waals surface area contributed by atoms with Crippen LogP contribution >= 0.6 is 17.6 Å². The molecule has 0 bridgehead atoms. The van der Waals surface area contributed by atoms with E-state index in [4.69, 9.17) is 0 Å². The minimum Gasteiger partial charge on any atom is -0.0622 e. The van der Waals surface area contributed by atoms with Crippen molar-refractivity contribution in [1.82, 2.24) is 0 Å². The van der Waals surface area contributed by atoms with E-state index in [1.54, 1.807) is 17.3 Å². The van der Waals surface area contributed by atoms with Crippen molar-refractivity contribution in [3.8, 4) is 0 Å². The quantitative estimate of drug-likeness (QED) is 0.181. The molecule has 0 aliphatic carbocycles. The van der Waals surface area contributed by atoms with Gasteiger partial charge < -0.3 is 0 Å². The Morgan fingerprint density at radius 2 is 0.576 bits per heavy atom. The van der Waals surface area contributed by atoms with Crippen LogP contribution in [-0.4, -0.2) is 0 Å². The van der Waals surface area contributed by atoms with E-state index >= 15 is 0 Å².